The lowest BCUT2D eigenvalue weighted by atomic mass is 9.70. The molecule has 0 saturated heterocycles. The van der Waals surface area contributed by atoms with Crippen LogP contribution in [0.25, 0.3) is 0 Å². The molecule has 0 aliphatic heterocycles. The fourth-order valence-corrected chi connectivity index (χ4v) is 4.23. The van der Waals surface area contributed by atoms with Gasteiger partial charge in [-0.1, -0.05) is 39.0 Å². The van der Waals surface area contributed by atoms with Gasteiger partial charge >= 0.3 is 0 Å². The second kappa shape index (κ2) is 5.05. The number of anilines is 2. The first-order valence-electron chi connectivity index (χ1n) is 8.22. The lowest BCUT2D eigenvalue weighted by molar-refractivity contribution is 0.359. The lowest BCUT2D eigenvalue weighted by Gasteiger charge is -2.32. The van der Waals surface area contributed by atoms with E-state index in [-0.39, 0.29) is 10.8 Å². The summed E-state index contributed by atoms with van der Waals surface area (Å²) >= 11 is 0. The van der Waals surface area contributed by atoms with E-state index in [0.29, 0.717) is 0 Å². The van der Waals surface area contributed by atoms with Crippen molar-refractivity contribution in [2.24, 2.45) is 0 Å². The quantitative estimate of drug-likeness (QED) is 0.812. The Morgan fingerprint density at radius 2 is 1.50 bits per heavy atom. The predicted octanol–water partition coefficient (Wildman–Crippen LogP) is 4.62. The number of nitrogens with two attached hydrogens (primary N) is 2. The highest BCUT2D eigenvalue weighted by atomic mass is 14.6. The summed E-state index contributed by atoms with van der Waals surface area (Å²) in [6.45, 7) is 6.94. The van der Waals surface area contributed by atoms with Crippen molar-refractivity contribution < 1.29 is 0 Å². The summed E-state index contributed by atoms with van der Waals surface area (Å²) in [5.74, 6) is 0. The first-order valence-corrected chi connectivity index (χ1v) is 8.22. The van der Waals surface area contributed by atoms with E-state index in [1.54, 1.807) is 0 Å². The summed E-state index contributed by atoms with van der Waals surface area (Å²) < 4.78 is 0. The zero-order valence-electron chi connectivity index (χ0n) is 13.8. The van der Waals surface area contributed by atoms with E-state index in [1.807, 2.05) is 18.2 Å². The Balaban J connectivity index is 2.24. The number of fused-ring (bicyclic) bond motifs is 1. The van der Waals surface area contributed by atoms with Gasteiger partial charge in [-0.05, 0) is 65.6 Å². The maximum Gasteiger partial charge on any atom is 0.0317 e. The SMILES string of the molecule is CCC1(C)CC(CC)(c2ccc(N)cc2)c2ccc(N)cc21. The monoisotopic (exact) mass is 294 g/mol. The zero-order chi connectivity index (χ0) is 16.0. The van der Waals surface area contributed by atoms with Crippen LogP contribution >= 0.6 is 0 Å². The molecule has 2 atom stereocenters. The van der Waals surface area contributed by atoms with E-state index < -0.39 is 0 Å². The summed E-state index contributed by atoms with van der Waals surface area (Å²) in [5, 5.41) is 0. The Bertz CT molecular complexity index is 689. The smallest absolute Gasteiger partial charge is 0.0317 e. The molecule has 3 rings (SSSR count). The van der Waals surface area contributed by atoms with Crippen molar-refractivity contribution in [2.75, 3.05) is 11.5 Å². The molecule has 0 spiro atoms. The van der Waals surface area contributed by atoms with Gasteiger partial charge in [0.15, 0.2) is 0 Å². The fraction of sp³-hybridized carbons (Fsp3) is 0.400. The Kier molecular flexibility index (Phi) is 3.43. The highest BCUT2D eigenvalue weighted by molar-refractivity contribution is 5.58. The maximum absolute atomic E-state index is 6.08. The third-order valence-electron chi connectivity index (χ3n) is 5.75. The first-order chi connectivity index (χ1) is 10.4. The van der Waals surface area contributed by atoms with E-state index in [2.05, 4.69) is 45.0 Å². The first kappa shape index (κ1) is 15.0. The predicted molar refractivity (Wildman–Crippen MR) is 95.0 cm³/mol. The van der Waals surface area contributed by atoms with Crippen LogP contribution in [-0.4, -0.2) is 0 Å². The molecule has 0 amide bonds. The van der Waals surface area contributed by atoms with Crippen LogP contribution in [-0.2, 0) is 10.8 Å². The Hall–Kier alpha value is -1.96. The molecular formula is C20H26N2. The molecule has 0 heterocycles. The maximum atomic E-state index is 6.08. The van der Waals surface area contributed by atoms with Crippen molar-refractivity contribution in [1.82, 2.24) is 0 Å². The van der Waals surface area contributed by atoms with Crippen molar-refractivity contribution in [3.05, 3.63) is 59.2 Å². The fourth-order valence-electron chi connectivity index (χ4n) is 4.23. The number of hydrogen-bond acceptors (Lipinski definition) is 2. The molecule has 1 aliphatic carbocycles. The summed E-state index contributed by atoms with van der Waals surface area (Å²) in [6, 6.07) is 14.9. The molecule has 0 radical (unpaired) electrons. The molecule has 0 aromatic heterocycles. The highest BCUT2D eigenvalue weighted by Crippen LogP contribution is 2.56. The molecule has 1 aliphatic rings. The van der Waals surface area contributed by atoms with Crippen LogP contribution in [0.4, 0.5) is 11.4 Å². The van der Waals surface area contributed by atoms with Gasteiger partial charge in [-0.15, -0.1) is 0 Å². The lowest BCUT2D eigenvalue weighted by Crippen LogP contribution is -2.27. The molecule has 0 saturated carbocycles. The van der Waals surface area contributed by atoms with E-state index in [4.69, 9.17) is 11.5 Å². The topological polar surface area (TPSA) is 52.0 Å². The van der Waals surface area contributed by atoms with E-state index in [1.165, 1.54) is 16.7 Å². The molecule has 22 heavy (non-hydrogen) atoms. The number of hydrogen-bond donors (Lipinski definition) is 2. The normalized spacial score (nSPS) is 26.9. The van der Waals surface area contributed by atoms with Gasteiger partial charge < -0.3 is 11.5 Å². The second-order valence-corrected chi connectivity index (χ2v) is 6.95. The summed E-state index contributed by atoms with van der Waals surface area (Å²) in [6.07, 6.45) is 3.35. The summed E-state index contributed by atoms with van der Waals surface area (Å²) in [4.78, 5) is 0. The zero-order valence-corrected chi connectivity index (χ0v) is 13.8. The average Bonchev–Trinajstić information content (AvgIpc) is 2.78. The minimum Gasteiger partial charge on any atom is -0.399 e. The van der Waals surface area contributed by atoms with Crippen LogP contribution in [0.5, 0.6) is 0 Å². The molecule has 2 nitrogen and oxygen atoms in total. The Labute approximate surface area is 133 Å². The summed E-state index contributed by atoms with van der Waals surface area (Å²) in [5.41, 5.74) is 18.1. The van der Waals surface area contributed by atoms with Crippen LogP contribution < -0.4 is 11.5 Å². The minimum absolute atomic E-state index is 0.0709. The van der Waals surface area contributed by atoms with Crippen LogP contribution in [0.3, 0.4) is 0 Å². The standard InChI is InChI=1S/C20H26N2/c1-4-19(3)13-20(5-2,14-6-8-15(21)9-7-14)17-11-10-16(22)12-18(17)19/h6-12H,4-5,13,21-22H2,1-3H3. The molecule has 4 N–H and O–H groups in total. The van der Waals surface area contributed by atoms with Gasteiger partial charge in [-0.3, -0.25) is 0 Å². The Morgan fingerprint density at radius 1 is 0.864 bits per heavy atom. The van der Waals surface area contributed by atoms with Gasteiger partial charge in [0.25, 0.3) is 0 Å². The molecule has 2 heteroatoms. The highest BCUT2D eigenvalue weighted by Gasteiger charge is 2.48. The van der Waals surface area contributed by atoms with Crippen molar-refractivity contribution in [3.63, 3.8) is 0 Å². The molecule has 0 bridgehead atoms. The molecule has 116 valence electrons. The second-order valence-electron chi connectivity index (χ2n) is 6.95. The third kappa shape index (κ3) is 2.01. The average molecular weight is 294 g/mol. The third-order valence-corrected chi connectivity index (χ3v) is 5.75. The molecule has 2 unspecified atom stereocenters. The van der Waals surface area contributed by atoms with E-state index >= 15 is 0 Å². The van der Waals surface area contributed by atoms with Crippen LogP contribution in [0.2, 0.25) is 0 Å². The van der Waals surface area contributed by atoms with E-state index in [9.17, 15) is 0 Å². The largest absolute Gasteiger partial charge is 0.399 e. The molecule has 0 fully saturated rings. The van der Waals surface area contributed by atoms with Gasteiger partial charge in [0, 0.05) is 16.8 Å². The number of benzene rings is 2. The van der Waals surface area contributed by atoms with Gasteiger partial charge in [-0.2, -0.15) is 0 Å². The number of rotatable bonds is 3. The van der Waals surface area contributed by atoms with Gasteiger partial charge in [-0.25, -0.2) is 0 Å². The van der Waals surface area contributed by atoms with E-state index in [0.717, 1.165) is 30.6 Å². The van der Waals surface area contributed by atoms with Gasteiger partial charge in [0.05, 0.1) is 0 Å². The minimum atomic E-state index is 0.0709. The van der Waals surface area contributed by atoms with Crippen molar-refractivity contribution in [2.45, 2.75) is 50.9 Å². The Morgan fingerprint density at radius 3 is 2.09 bits per heavy atom. The van der Waals surface area contributed by atoms with Crippen molar-refractivity contribution >= 4 is 11.4 Å². The molecule has 2 aromatic carbocycles. The van der Waals surface area contributed by atoms with Gasteiger partial charge in [0.2, 0.25) is 0 Å². The number of nitrogen functional groups attached to an aromatic ring is 2. The van der Waals surface area contributed by atoms with Crippen LogP contribution in [0.1, 0.15) is 56.7 Å². The van der Waals surface area contributed by atoms with Crippen LogP contribution in [0, 0.1) is 0 Å². The van der Waals surface area contributed by atoms with Gasteiger partial charge in [0.1, 0.15) is 0 Å². The van der Waals surface area contributed by atoms with Crippen LogP contribution in [0.15, 0.2) is 42.5 Å². The van der Waals surface area contributed by atoms with Crippen molar-refractivity contribution in [3.8, 4) is 0 Å². The summed E-state index contributed by atoms with van der Waals surface area (Å²) in [7, 11) is 0. The molecular weight excluding hydrogens is 268 g/mol. The molecule has 2 aromatic rings. The van der Waals surface area contributed by atoms with Crippen molar-refractivity contribution in [1.29, 1.82) is 0 Å².